The van der Waals surface area contributed by atoms with Crippen LogP contribution in [0.15, 0.2) is 30.3 Å². The molecule has 1 saturated heterocycles. The average molecular weight is 340 g/mol. The minimum atomic E-state index is 0. The molecule has 0 radical (unpaired) electrons. The summed E-state index contributed by atoms with van der Waals surface area (Å²) in [5, 5.41) is 6.14. The first-order chi connectivity index (χ1) is 10.7. The Morgan fingerprint density at radius 3 is 2.39 bits per heavy atom. The monoisotopic (exact) mass is 339 g/mol. The summed E-state index contributed by atoms with van der Waals surface area (Å²) >= 11 is 0. The maximum Gasteiger partial charge on any atom is 0.253 e. The smallest absolute Gasteiger partial charge is 0.253 e. The van der Waals surface area contributed by atoms with Gasteiger partial charge in [0.1, 0.15) is 0 Å². The summed E-state index contributed by atoms with van der Waals surface area (Å²) in [5.74, 6) is 0.206. The van der Waals surface area contributed by atoms with Gasteiger partial charge >= 0.3 is 0 Å². The van der Waals surface area contributed by atoms with Gasteiger partial charge in [-0.2, -0.15) is 0 Å². The average Bonchev–Trinajstić information content (AvgIpc) is 2.59. The van der Waals surface area contributed by atoms with E-state index in [4.69, 9.17) is 0 Å². The fourth-order valence-corrected chi connectivity index (χ4v) is 2.70. The Kier molecular flexibility index (Phi) is 8.66. The van der Waals surface area contributed by atoms with E-state index in [2.05, 4.69) is 10.6 Å². The molecule has 0 saturated carbocycles. The molecule has 0 spiro atoms. The maximum absolute atomic E-state index is 12.3. The Labute approximate surface area is 144 Å². The molecule has 1 aliphatic heterocycles. The zero-order chi connectivity index (χ0) is 15.8. The maximum atomic E-state index is 12.3. The van der Waals surface area contributed by atoms with Gasteiger partial charge in [0.15, 0.2) is 0 Å². The first-order valence-corrected chi connectivity index (χ1v) is 8.05. The number of carbonyl (C=O) groups is 2. The minimum Gasteiger partial charge on any atom is -0.355 e. The predicted molar refractivity (Wildman–Crippen MR) is 93.9 cm³/mol. The van der Waals surface area contributed by atoms with Gasteiger partial charge in [0, 0.05) is 37.7 Å². The minimum absolute atomic E-state index is 0. The van der Waals surface area contributed by atoms with Crippen LogP contribution in [0.5, 0.6) is 0 Å². The van der Waals surface area contributed by atoms with Gasteiger partial charge in [-0.1, -0.05) is 25.1 Å². The molecule has 2 rings (SSSR count). The highest BCUT2D eigenvalue weighted by atomic mass is 35.5. The Bertz CT molecular complexity index is 488. The molecule has 1 heterocycles. The standard InChI is InChI=1S/C17H25N3O2.ClH/c1-2-18-10-11-19-16(21)14-8-12-20(13-9-14)17(22)15-6-4-3-5-7-15;/h3-7,14,18H,2,8-13H2,1H3,(H,19,21);1H. The van der Waals surface area contributed by atoms with E-state index in [9.17, 15) is 9.59 Å². The molecule has 1 aromatic carbocycles. The Balaban J connectivity index is 0.00000264. The first kappa shape index (κ1) is 19.5. The highest BCUT2D eigenvalue weighted by Gasteiger charge is 2.27. The number of benzene rings is 1. The molecule has 23 heavy (non-hydrogen) atoms. The molecule has 2 amide bonds. The molecule has 0 aromatic heterocycles. The molecule has 0 aliphatic carbocycles. The van der Waals surface area contributed by atoms with E-state index >= 15 is 0 Å². The quantitative estimate of drug-likeness (QED) is 0.775. The topological polar surface area (TPSA) is 61.4 Å². The van der Waals surface area contributed by atoms with E-state index in [-0.39, 0.29) is 30.1 Å². The number of halogens is 1. The zero-order valence-electron chi connectivity index (χ0n) is 13.6. The second-order valence-corrected chi connectivity index (χ2v) is 5.58. The van der Waals surface area contributed by atoms with Crippen molar-refractivity contribution in [2.75, 3.05) is 32.7 Å². The van der Waals surface area contributed by atoms with Crippen LogP contribution in [0.3, 0.4) is 0 Å². The lowest BCUT2D eigenvalue weighted by molar-refractivity contribution is -0.126. The predicted octanol–water partition coefficient (Wildman–Crippen LogP) is 1.69. The summed E-state index contributed by atoms with van der Waals surface area (Å²) in [5.41, 5.74) is 0.719. The highest BCUT2D eigenvalue weighted by Crippen LogP contribution is 2.19. The number of likely N-dealkylation sites (tertiary alicyclic amines) is 1. The van der Waals surface area contributed by atoms with Gasteiger partial charge in [-0.3, -0.25) is 9.59 Å². The number of rotatable bonds is 6. The van der Waals surface area contributed by atoms with Gasteiger partial charge in [0.05, 0.1) is 0 Å². The largest absolute Gasteiger partial charge is 0.355 e. The van der Waals surface area contributed by atoms with Crippen LogP contribution in [0, 0.1) is 5.92 Å². The van der Waals surface area contributed by atoms with E-state index in [0.29, 0.717) is 19.6 Å². The number of amides is 2. The number of hydrogen-bond acceptors (Lipinski definition) is 3. The van der Waals surface area contributed by atoms with Crippen LogP contribution in [-0.4, -0.2) is 49.4 Å². The van der Waals surface area contributed by atoms with E-state index in [1.807, 2.05) is 42.2 Å². The summed E-state index contributed by atoms with van der Waals surface area (Å²) in [6.45, 7) is 5.72. The molecular weight excluding hydrogens is 314 g/mol. The van der Waals surface area contributed by atoms with Gasteiger partial charge in [-0.15, -0.1) is 12.4 Å². The van der Waals surface area contributed by atoms with Crippen LogP contribution in [0.2, 0.25) is 0 Å². The lowest BCUT2D eigenvalue weighted by atomic mass is 9.95. The summed E-state index contributed by atoms with van der Waals surface area (Å²) in [6, 6.07) is 9.32. The first-order valence-electron chi connectivity index (χ1n) is 8.05. The third kappa shape index (κ3) is 5.84. The number of hydrogen-bond donors (Lipinski definition) is 2. The van der Waals surface area contributed by atoms with Gasteiger partial charge in [-0.05, 0) is 31.5 Å². The van der Waals surface area contributed by atoms with Crippen molar-refractivity contribution in [3.63, 3.8) is 0 Å². The highest BCUT2D eigenvalue weighted by molar-refractivity contribution is 5.94. The number of carbonyl (C=O) groups excluding carboxylic acids is 2. The molecule has 0 unspecified atom stereocenters. The van der Waals surface area contributed by atoms with Crippen molar-refractivity contribution in [3.05, 3.63) is 35.9 Å². The van der Waals surface area contributed by atoms with Crippen molar-refractivity contribution in [2.45, 2.75) is 19.8 Å². The van der Waals surface area contributed by atoms with E-state index < -0.39 is 0 Å². The van der Waals surface area contributed by atoms with Crippen molar-refractivity contribution < 1.29 is 9.59 Å². The zero-order valence-corrected chi connectivity index (χ0v) is 14.4. The second kappa shape index (κ2) is 10.2. The van der Waals surface area contributed by atoms with Crippen LogP contribution in [0.25, 0.3) is 0 Å². The fraction of sp³-hybridized carbons (Fsp3) is 0.529. The van der Waals surface area contributed by atoms with Gasteiger partial charge in [0.2, 0.25) is 5.91 Å². The Morgan fingerprint density at radius 1 is 1.13 bits per heavy atom. The lowest BCUT2D eigenvalue weighted by Gasteiger charge is -2.31. The molecule has 2 N–H and O–H groups in total. The number of nitrogens with zero attached hydrogens (tertiary/aromatic N) is 1. The Hall–Kier alpha value is -1.59. The molecule has 6 heteroatoms. The van der Waals surface area contributed by atoms with E-state index in [1.165, 1.54) is 0 Å². The third-order valence-electron chi connectivity index (χ3n) is 4.02. The number of likely N-dealkylation sites (N-methyl/N-ethyl adjacent to an activating group) is 1. The lowest BCUT2D eigenvalue weighted by Crippen LogP contribution is -2.44. The SMILES string of the molecule is CCNCCNC(=O)C1CCN(C(=O)c2ccccc2)CC1.Cl. The molecule has 5 nitrogen and oxygen atoms in total. The van der Waals surface area contributed by atoms with Crippen LogP contribution < -0.4 is 10.6 Å². The van der Waals surface area contributed by atoms with Crippen molar-refractivity contribution in [1.82, 2.24) is 15.5 Å². The fourth-order valence-electron chi connectivity index (χ4n) is 2.70. The van der Waals surface area contributed by atoms with E-state index in [1.54, 1.807) is 0 Å². The summed E-state index contributed by atoms with van der Waals surface area (Å²) in [6.07, 6.45) is 1.48. The molecule has 128 valence electrons. The normalized spacial score (nSPS) is 14.9. The summed E-state index contributed by atoms with van der Waals surface area (Å²) in [7, 11) is 0. The van der Waals surface area contributed by atoms with Crippen LogP contribution in [0.1, 0.15) is 30.1 Å². The third-order valence-corrected chi connectivity index (χ3v) is 4.02. The number of nitrogens with one attached hydrogen (secondary N) is 2. The molecule has 0 atom stereocenters. The summed E-state index contributed by atoms with van der Waals surface area (Å²) in [4.78, 5) is 26.2. The van der Waals surface area contributed by atoms with Gasteiger partial charge in [0.25, 0.3) is 5.91 Å². The number of piperidine rings is 1. The van der Waals surface area contributed by atoms with Crippen LogP contribution in [-0.2, 0) is 4.79 Å². The molecule has 1 aliphatic rings. The van der Waals surface area contributed by atoms with Crippen molar-refractivity contribution in [3.8, 4) is 0 Å². The molecular formula is C17H26ClN3O2. The molecule has 0 bridgehead atoms. The van der Waals surface area contributed by atoms with Crippen molar-refractivity contribution in [1.29, 1.82) is 0 Å². The molecule has 1 fully saturated rings. The van der Waals surface area contributed by atoms with Crippen molar-refractivity contribution >= 4 is 24.2 Å². The summed E-state index contributed by atoms with van der Waals surface area (Å²) < 4.78 is 0. The molecule has 1 aromatic rings. The van der Waals surface area contributed by atoms with E-state index in [0.717, 1.165) is 31.5 Å². The van der Waals surface area contributed by atoms with Gasteiger partial charge < -0.3 is 15.5 Å². The van der Waals surface area contributed by atoms with Gasteiger partial charge in [-0.25, -0.2) is 0 Å². The Morgan fingerprint density at radius 2 is 1.78 bits per heavy atom. The van der Waals surface area contributed by atoms with Crippen LogP contribution >= 0.6 is 12.4 Å². The van der Waals surface area contributed by atoms with Crippen molar-refractivity contribution in [2.24, 2.45) is 5.92 Å². The van der Waals surface area contributed by atoms with Crippen LogP contribution in [0.4, 0.5) is 0 Å². The second-order valence-electron chi connectivity index (χ2n) is 5.58.